The molecule has 0 saturated heterocycles. The quantitative estimate of drug-likeness (QED) is 0.377. The molecule has 0 bridgehead atoms. The van der Waals surface area contributed by atoms with Gasteiger partial charge in [0.15, 0.2) is 0 Å². The van der Waals surface area contributed by atoms with Crippen LogP contribution in [0.5, 0.6) is 0 Å². The van der Waals surface area contributed by atoms with Crippen molar-refractivity contribution in [3.63, 3.8) is 0 Å². The van der Waals surface area contributed by atoms with E-state index in [1.807, 2.05) is 22.9 Å². The van der Waals surface area contributed by atoms with Gasteiger partial charge in [-0.05, 0) is 0 Å². The van der Waals surface area contributed by atoms with Gasteiger partial charge in [-0.3, -0.25) is 0 Å². The van der Waals surface area contributed by atoms with Crippen LogP contribution in [0.4, 0.5) is 0 Å². The average Bonchev–Trinajstić information content (AvgIpc) is 1.38. The Morgan fingerprint density at radius 3 is 2.20 bits per heavy atom. The fourth-order valence-corrected chi connectivity index (χ4v) is 0. The zero-order valence-electron chi connectivity index (χ0n) is 2.69. The van der Waals surface area contributed by atoms with Crippen LogP contribution in [0.2, 0.25) is 0 Å². The molecule has 32 valence electrons. The molecule has 0 aliphatic rings. The van der Waals surface area contributed by atoms with E-state index in [2.05, 4.69) is 2.94 Å². The minimum atomic E-state index is -0.836. The summed E-state index contributed by atoms with van der Waals surface area (Å²) in [6, 6.07) is 0. The highest BCUT2D eigenvalue weighted by molar-refractivity contribution is 14.1. The number of rotatable bonds is 1. The van der Waals surface area contributed by atoms with Crippen molar-refractivity contribution in [3.05, 3.63) is 0 Å². The average molecular weight is 205 g/mol. The van der Waals surface area contributed by atoms with Crippen molar-refractivity contribution in [2.75, 3.05) is 6.26 Å². The summed E-state index contributed by atoms with van der Waals surface area (Å²) in [4.78, 5) is 0. The van der Waals surface area contributed by atoms with Gasteiger partial charge in [-0.25, -0.2) is 0 Å². The molecule has 2 nitrogen and oxygen atoms in total. The predicted octanol–water partition coefficient (Wildman–Crippen LogP) is 0.219. The van der Waals surface area contributed by atoms with Crippen LogP contribution >= 0.6 is 22.9 Å². The second kappa shape index (κ2) is 3.20. The minimum Gasteiger partial charge on any atom is -0.598 e. The second-order valence-electron chi connectivity index (χ2n) is 0.531. The van der Waals surface area contributed by atoms with Gasteiger partial charge in [0.2, 0.25) is 0 Å². The topological polar surface area (TPSA) is 35.1 Å². The van der Waals surface area contributed by atoms with Crippen LogP contribution in [-0.4, -0.2) is 10.8 Å². The first-order valence-electron chi connectivity index (χ1n) is 0.968. The van der Waals surface area contributed by atoms with Crippen molar-refractivity contribution in [2.24, 2.45) is 0 Å². The van der Waals surface area contributed by atoms with E-state index >= 15 is 0 Å². The minimum absolute atomic E-state index is 0.836. The van der Waals surface area contributed by atoms with Crippen LogP contribution in [0.1, 0.15) is 0 Å². The van der Waals surface area contributed by atoms with Crippen LogP contribution in [0.15, 0.2) is 0 Å². The predicted molar refractivity (Wildman–Crippen MR) is 31.2 cm³/mol. The zero-order chi connectivity index (χ0) is 4.28. The van der Waals surface area contributed by atoms with Gasteiger partial charge in [0.1, 0.15) is 6.26 Å². The Labute approximate surface area is 48.1 Å². The molecule has 0 aromatic carbocycles. The maximum absolute atomic E-state index is 9.80. The van der Waals surface area contributed by atoms with Crippen molar-refractivity contribution in [3.8, 4) is 0 Å². The third kappa shape index (κ3) is 5.00. The first-order valence-corrected chi connectivity index (χ1v) is 3.60. The molecule has 0 fully saturated rings. The van der Waals surface area contributed by atoms with Crippen molar-refractivity contribution >= 4 is 34.2 Å². The lowest BCUT2D eigenvalue weighted by Crippen LogP contribution is -2.08. The highest BCUT2D eigenvalue weighted by Gasteiger charge is 1.81. The molecular formula is CH4INOS. The molecule has 0 aromatic heterocycles. The zero-order valence-corrected chi connectivity index (χ0v) is 5.67. The molecule has 1 atom stereocenters. The van der Waals surface area contributed by atoms with Crippen molar-refractivity contribution in [1.82, 2.24) is 2.94 Å². The normalized spacial score (nSPS) is 15.0. The van der Waals surface area contributed by atoms with Crippen LogP contribution in [0, 0.1) is 0 Å². The Balaban J connectivity index is 2.54. The molecular weight excluding hydrogens is 201 g/mol. The highest BCUT2D eigenvalue weighted by atomic mass is 127. The van der Waals surface area contributed by atoms with Gasteiger partial charge in [-0.1, -0.05) is 2.94 Å². The van der Waals surface area contributed by atoms with E-state index in [4.69, 9.17) is 0 Å². The third-order valence-corrected chi connectivity index (χ3v) is 2.19. The molecule has 1 unspecified atom stereocenters. The monoisotopic (exact) mass is 205 g/mol. The number of hydrogen-bond acceptors (Lipinski definition) is 2. The summed E-state index contributed by atoms with van der Waals surface area (Å²) in [5.74, 6) is 0. The molecule has 5 heavy (non-hydrogen) atoms. The third-order valence-electron chi connectivity index (χ3n) is 0.109. The smallest absolute Gasteiger partial charge is 0.116 e. The SMILES string of the molecule is C[S+]([O-])NI. The second-order valence-corrected chi connectivity index (χ2v) is 2.92. The Kier molecular flexibility index (Phi) is 3.84. The fraction of sp³-hybridized carbons (Fsp3) is 1.00. The van der Waals surface area contributed by atoms with Crippen molar-refractivity contribution in [1.29, 1.82) is 0 Å². The van der Waals surface area contributed by atoms with Crippen LogP contribution in [-0.2, 0) is 11.4 Å². The molecule has 4 heteroatoms. The van der Waals surface area contributed by atoms with Gasteiger partial charge < -0.3 is 4.55 Å². The van der Waals surface area contributed by atoms with Gasteiger partial charge in [-0.2, -0.15) is 0 Å². The molecule has 0 saturated carbocycles. The molecule has 0 aliphatic carbocycles. The summed E-state index contributed by atoms with van der Waals surface area (Å²) in [6.07, 6.45) is 1.58. The lowest BCUT2D eigenvalue weighted by atomic mass is 12.0. The molecule has 0 spiro atoms. The van der Waals surface area contributed by atoms with Gasteiger partial charge >= 0.3 is 0 Å². The number of hydrogen-bond donors (Lipinski definition) is 1. The Morgan fingerprint density at radius 2 is 2.20 bits per heavy atom. The summed E-state index contributed by atoms with van der Waals surface area (Å²) in [5.41, 5.74) is 0. The first-order chi connectivity index (χ1) is 2.27. The Hall–Kier alpha value is 1.00. The summed E-state index contributed by atoms with van der Waals surface area (Å²) >= 11 is 0.991. The largest absolute Gasteiger partial charge is 0.598 e. The lowest BCUT2D eigenvalue weighted by Gasteiger charge is -1.93. The number of halogens is 1. The van der Waals surface area contributed by atoms with E-state index in [-0.39, 0.29) is 0 Å². The van der Waals surface area contributed by atoms with Crippen LogP contribution in [0.3, 0.4) is 0 Å². The summed E-state index contributed by atoms with van der Waals surface area (Å²) < 4.78 is 12.3. The Bertz CT molecular complexity index is 25.6. The molecule has 0 aliphatic heterocycles. The van der Waals surface area contributed by atoms with Crippen molar-refractivity contribution < 1.29 is 4.55 Å². The molecule has 0 aromatic rings. The van der Waals surface area contributed by atoms with E-state index in [9.17, 15) is 4.55 Å². The molecule has 0 rings (SSSR count). The molecule has 1 N–H and O–H groups in total. The van der Waals surface area contributed by atoms with E-state index < -0.39 is 11.4 Å². The van der Waals surface area contributed by atoms with Crippen molar-refractivity contribution in [2.45, 2.75) is 0 Å². The van der Waals surface area contributed by atoms with E-state index in [1.54, 1.807) is 6.26 Å². The van der Waals surface area contributed by atoms with Gasteiger partial charge in [0.05, 0.1) is 22.9 Å². The number of nitrogens with one attached hydrogen (secondary N) is 1. The molecule has 0 amide bonds. The van der Waals surface area contributed by atoms with Gasteiger partial charge in [0, 0.05) is 11.4 Å². The molecule has 0 radical (unpaired) electrons. The standard InChI is InChI=1S/CH4INOS/c1-5(4)3-2/h3H,1H3. The van der Waals surface area contributed by atoms with E-state index in [0.717, 1.165) is 0 Å². The Morgan fingerprint density at radius 1 is 2.00 bits per heavy atom. The van der Waals surface area contributed by atoms with Crippen LogP contribution < -0.4 is 2.94 Å². The summed E-state index contributed by atoms with van der Waals surface area (Å²) in [5, 5.41) is 0. The van der Waals surface area contributed by atoms with Gasteiger partial charge in [-0.15, -0.1) is 0 Å². The maximum atomic E-state index is 9.80. The maximum Gasteiger partial charge on any atom is 0.116 e. The van der Waals surface area contributed by atoms with Gasteiger partial charge in [0.25, 0.3) is 0 Å². The first kappa shape index (κ1) is 6.00. The van der Waals surface area contributed by atoms with Crippen LogP contribution in [0.25, 0.3) is 0 Å². The summed E-state index contributed by atoms with van der Waals surface area (Å²) in [7, 11) is 0. The molecule has 0 heterocycles. The van der Waals surface area contributed by atoms with E-state index in [1.165, 1.54) is 0 Å². The fourth-order valence-electron chi connectivity index (χ4n) is 0. The summed E-state index contributed by atoms with van der Waals surface area (Å²) in [6.45, 7) is 0. The van der Waals surface area contributed by atoms with E-state index in [0.29, 0.717) is 0 Å². The lowest BCUT2D eigenvalue weighted by molar-refractivity contribution is 0.600. The highest BCUT2D eigenvalue weighted by Crippen LogP contribution is 1.75.